The van der Waals surface area contributed by atoms with E-state index in [-0.39, 0.29) is 5.41 Å². The van der Waals surface area contributed by atoms with E-state index in [0.29, 0.717) is 12.1 Å². The monoisotopic (exact) mass is 247 g/mol. The summed E-state index contributed by atoms with van der Waals surface area (Å²) in [7, 11) is 0. The Kier molecular flexibility index (Phi) is 3.96. The van der Waals surface area contributed by atoms with Crippen LogP contribution in [0.25, 0.3) is 0 Å². The fourth-order valence-corrected chi connectivity index (χ4v) is 2.42. The van der Waals surface area contributed by atoms with Crippen molar-refractivity contribution >= 4 is 0 Å². The van der Waals surface area contributed by atoms with Gasteiger partial charge in [0.2, 0.25) is 0 Å². The van der Waals surface area contributed by atoms with E-state index in [4.69, 9.17) is 4.74 Å². The Hall–Kier alpha value is -1.02. The van der Waals surface area contributed by atoms with Gasteiger partial charge in [-0.1, -0.05) is 32.9 Å². The van der Waals surface area contributed by atoms with Gasteiger partial charge < -0.3 is 10.1 Å². The molecule has 0 bridgehead atoms. The van der Waals surface area contributed by atoms with Crippen molar-refractivity contribution in [3.8, 4) is 5.75 Å². The fourth-order valence-electron chi connectivity index (χ4n) is 2.42. The Morgan fingerprint density at radius 2 is 1.83 bits per heavy atom. The second-order valence-corrected chi connectivity index (χ2v) is 6.39. The quantitative estimate of drug-likeness (QED) is 0.863. The van der Waals surface area contributed by atoms with Crippen LogP contribution in [-0.4, -0.2) is 18.7 Å². The van der Waals surface area contributed by atoms with Gasteiger partial charge in [-0.05, 0) is 49.4 Å². The van der Waals surface area contributed by atoms with Gasteiger partial charge in [0.25, 0.3) is 0 Å². The zero-order valence-corrected chi connectivity index (χ0v) is 12.0. The second-order valence-electron chi connectivity index (χ2n) is 6.39. The van der Waals surface area contributed by atoms with Gasteiger partial charge in [-0.2, -0.15) is 0 Å². The average molecular weight is 247 g/mol. The molecule has 0 aliphatic carbocycles. The van der Waals surface area contributed by atoms with Crippen molar-refractivity contribution in [3.05, 3.63) is 29.8 Å². The molecule has 0 radical (unpaired) electrons. The van der Waals surface area contributed by atoms with Crippen LogP contribution in [0.3, 0.4) is 0 Å². The molecule has 18 heavy (non-hydrogen) atoms. The highest BCUT2D eigenvalue weighted by Gasteiger charge is 2.20. The van der Waals surface area contributed by atoms with Crippen molar-refractivity contribution in [2.24, 2.45) is 0 Å². The Balaban J connectivity index is 1.98. The van der Waals surface area contributed by atoms with E-state index in [2.05, 4.69) is 57.3 Å². The smallest absolute Gasteiger partial charge is 0.119 e. The minimum atomic E-state index is 0.210. The number of benzene rings is 1. The predicted molar refractivity (Wildman–Crippen MR) is 76.3 cm³/mol. The molecule has 1 aromatic rings. The highest BCUT2D eigenvalue weighted by atomic mass is 16.5. The van der Waals surface area contributed by atoms with Crippen LogP contribution in [-0.2, 0) is 5.41 Å². The summed E-state index contributed by atoms with van der Waals surface area (Å²) in [6.45, 7) is 9.98. The minimum absolute atomic E-state index is 0.210. The van der Waals surface area contributed by atoms with E-state index in [0.717, 1.165) is 25.1 Å². The van der Waals surface area contributed by atoms with Gasteiger partial charge >= 0.3 is 0 Å². The lowest BCUT2D eigenvalue weighted by molar-refractivity contribution is 0.144. The maximum Gasteiger partial charge on any atom is 0.119 e. The summed E-state index contributed by atoms with van der Waals surface area (Å²) in [6.07, 6.45) is 2.56. The molecule has 1 saturated heterocycles. The Morgan fingerprint density at radius 1 is 1.17 bits per heavy atom. The van der Waals surface area contributed by atoms with Crippen LogP contribution in [0.15, 0.2) is 24.3 Å². The topological polar surface area (TPSA) is 21.3 Å². The second kappa shape index (κ2) is 5.31. The molecule has 2 unspecified atom stereocenters. The van der Waals surface area contributed by atoms with Crippen LogP contribution < -0.4 is 10.1 Å². The summed E-state index contributed by atoms with van der Waals surface area (Å²) in [6, 6.07) is 9.14. The Morgan fingerprint density at radius 3 is 2.39 bits per heavy atom. The highest BCUT2D eigenvalue weighted by Crippen LogP contribution is 2.25. The van der Waals surface area contributed by atoms with Crippen LogP contribution in [0.2, 0.25) is 0 Å². The third-order valence-electron chi connectivity index (χ3n) is 3.60. The maximum absolute atomic E-state index is 6.05. The molecule has 0 saturated carbocycles. The van der Waals surface area contributed by atoms with Crippen LogP contribution >= 0.6 is 0 Å². The normalized spacial score (nSPS) is 24.9. The van der Waals surface area contributed by atoms with Crippen molar-refractivity contribution in [2.45, 2.75) is 58.1 Å². The number of ether oxygens (including phenoxy) is 1. The van der Waals surface area contributed by atoms with E-state index in [9.17, 15) is 0 Å². The number of hydrogen-bond acceptors (Lipinski definition) is 2. The van der Waals surface area contributed by atoms with Gasteiger partial charge in [0, 0.05) is 6.04 Å². The van der Waals surface area contributed by atoms with E-state index >= 15 is 0 Å². The van der Waals surface area contributed by atoms with Crippen molar-refractivity contribution in [1.29, 1.82) is 0 Å². The molecule has 1 aromatic carbocycles. The number of rotatable bonds is 2. The predicted octanol–water partition coefficient (Wildman–Crippen LogP) is 3.50. The van der Waals surface area contributed by atoms with Crippen molar-refractivity contribution in [3.63, 3.8) is 0 Å². The first-order valence-electron chi connectivity index (χ1n) is 6.96. The molecule has 2 heteroatoms. The summed E-state index contributed by atoms with van der Waals surface area (Å²) in [5.41, 5.74) is 1.57. The lowest BCUT2D eigenvalue weighted by atomic mass is 9.87. The molecule has 1 N–H and O–H groups in total. The van der Waals surface area contributed by atoms with Gasteiger partial charge in [-0.15, -0.1) is 0 Å². The van der Waals surface area contributed by atoms with Crippen molar-refractivity contribution in [1.82, 2.24) is 5.32 Å². The Bertz CT molecular complexity index is 377. The van der Waals surface area contributed by atoms with Gasteiger partial charge in [0.1, 0.15) is 11.9 Å². The van der Waals surface area contributed by atoms with Gasteiger partial charge in [-0.25, -0.2) is 0 Å². The van der Waals surface area contributed by atoms with Crippen molar-refractivity contribution < 1.29 is 4.74 Å². The van der Waals surface area contributed by atoms with E-state index < -0.39 is 0 Å². The Labute approximate surface area is 111 Å². The third-order valence-corrected chi connectivity index (χ3v) is 3.60. The standard InChI is InChI=1S/C16H25NO/c1-12-11-15(9-10-17-12)18-14-7-5-13(6-8-14)16(2,3)4/h5-8,12,15,17H,9-11H2,1-4H3. The number of hydrogen-bond donors (Lipinski definition) is 1. The molecule has 1 aliphatic heterocycles. The molecular formula is C16H25NO. The third kappa shape index (κ3) is 3.49. The van der Waals surface area contributed by atoms with Crippen LogP contribution in [0.5, 0.6) is 5.75 Å². The summed E-state index contributed by atoms with van der Waals surface area (Å²) in [4.78, 5) is 0. The van der Waals surface area contributed by atoms with Crippen LogP contribution in [0.4, 0.5) is 0 Å². The summed E-state index contributed by atoms with van der Waals surface area (Å²) < 4.78 is 6.05. The summed E-state index contributed by atoms with van der Waals surface area (Å²) in [5.74, 6) is 1.00. The zero-order valence-electron chi connectivity index (χ0n) is 12.0. The van der Waals surface area contributed by atoms with E-state index in [1.165, 1.54) is 5.56 Å². The maximum atomic E-state index is 6.05. The molecule has 0 aromatic heterocycles. The molecule has 1 aliphatic rings. The number of nitrogens with one attached hydrogen (secondary N) is 1. The van der Waals surface area contributed by atoms with Crippen molar-refractivity contribution in [2.75, 3.05) is 6.54 Å². The first kappa shape index (κ1) is 13.4. The van der Waals surface area contributed by atoms with Crippen LogP contribution in [0, 0.1) is 0 Å². The van der Waals surface area contributed by atoms with E-state index in [1.54, 1.807) is 0 Å². The largest absolute Gasteiger partial charge is 0.490 e. The lowest BCUT2D eigenvalue weighted by Crippen LogP contribution is -2.40. The minimum Gasteiger partial charge on any atom is -0.490 e. The molecule has 2 atom stereocenters. The molecule has 1 heterocycles. The van der Waals surface area contributed by atoms with Gasteiger partial charge in [0.05, 0.1) is 0 Å². The molecule has 1 fully saturated rings. The average Bonchev–Trinajstić information content (AvgIpc) is 2.28. The number of piperidine rings is 1. The van der Waals surface area contributed by atoms with Crippen LogP contribution in [0.1, 0.15) is 46.1 Å². The van der Waals surface area contributed by atoms with Gasteiger partial charge in [-0.3, -0.25) is 0 Å². The zero-order chi connectivity index (χ0) is 13.2. The SMILES string of the molecule is CC1CC(Oc2ccc(C(C)(C)C)cc2)CCN1. The first-order chi connectivity index (χ1) is 8.45. The molecular weight excluding hydrogens is 222 g/mol. The lowest BCUT2D eigenvalue weighted by Gasteiger charge is -2.28. The molecule has 2 nitrogen and oxygen atoms in total. The molecule has 0 spiro atoms. The summed E-state index contributed by atoms with van der Waals surface area (Å²) >= 11 is 0. The molecule has 100 valence electrons. The fraction of sp³-hybridized carbons (Fsp3) is 0.625. The van der Waals surface area contributed by atoms with Gasteiger partial charge in [0.15, 0.2) is 0 Å². The summed E-state index contributed by atoms with van der Waals surface area (Å²) in [5, 5.41) is 3.45. The highest BCUT2D eigenvalue weighted by molar-refractivity contribution is 5.31. The van der Waals surface area contributed by atoms with E-state index in [1.807, 2.05) is 0 Å². The molecule has 0 amide bonds. The molecule has 2 rings (SSSR count). The first-order valence-corrected chi connectivity index (χ1v) is 6.96.